The molecule has 6 N–H and O–H groups in total. The summed E-state index contributed by atoms with van der Waals surface area (Å²) in [5.41, 5.74) is 5.09. The number of H-pyrrole nitrogens is 1. The predicted molar refractivity (Wildman–Crippen MR) is 179 cm³/mol. The van der Waals surface area contributed by atoms with E-state index in [1.165, 1.54) is 0 Å². The lowest BCUT2D eigenvalue weighted by Crippen LogP contribution is -2.41. The number of aliphatic hydroxyl groups is 1. The molecule has 4 rings (SSSR count). The summed E-state index contributed by atoms with van der Waals surface area (Å²) in [5.74, 6) is 0.764. The molecule has 236 valence electrons. The van der Waals surface area contributed by atoms with Crippen LogP contribution < -0.4 is 15.4 Å². The van der Waals surface area contributed by atoms with Crippen LogP contribution in [0.1, 0.15) is 65.9 Å². The maximum atomic E-state index is 12.9. The third-order valence-electron chi connectivity index (χ3n) is 8.93. The van der Waals surface area contributed by atoms with Crippen LogP contribution in [0.4, 0.5) is 0 Å². The fraction of sp³-hybridized carbons (Fsp3) is 0.400. The molecule has 0 aliphatic carbocycles. The summed E-state index contributed by atoms with van der Waals surface area (Å²) in [5, 5.41) is 27.3. The van der Waals surface area contributed by atoms with Gasteiger partial charge in [-0.15, -0.1) is 0 Å². The number of amides is 1. The van der Waals surface area contributed by atoms with Crippen LogP contribution in [0.2, 0.25) is 18.1 Å². The van der Waals surface area contributed by atoms with E-state index in [2.05, 4.69) is 48.5 Å². The van der Waals surface area contributed by atoms with E-state index in [1.807, 2.05) is 61.6 Å². The number of ether oxygens (including phenoxy) is 1. The van der Waals surface area contributed by atoms with Gasteiger partial charge >= 0.3 is 0 Å². The van der Waals surface area contributed by atoms with Crippen LogP contribution in [0.15, 0.2) is 66.7 Å². The van der Waals surface area contributed by atoms with E-state index >= 15 is 0 Å². The molecule has 0 bridgehead atoms. The zero-order chi connectivity index (χ0) is 32.1. The van der Waals surface area contributed by atoms with Crippen molar-refractivity contribution in [3.63, 3.8) is 0 Å². The van der Waals surface area contributed by atoms with E-state index in [-0.39, 0.29) is 35.3 Å². The number of hydrogen-bond acceptors (Lipinski definition) is 6. The smallest absolute Gasteiger partial charge is 0.267 e. The van der Waals surface area contributed by atoms with Crippen molar-refractivity contribution in [1.29, 1.82) is 0 Å². The van der Waals surface area contributed by atoms with E-state index in [1.54, 1.807) is 13.2 Å². The van der Waals surface area contributed by atoms with E-state index in [0.717, 1.165) is 46.2 Å². The number of carbonyl (C=O) groups excluding carboxylic acids is 1. The minimum Gasteiger partial charge on any atom is -0.508 e. The third kappa shape index (κ3) is 8.29. The highest BCUT2D eigenvalue weighted by Gasteiger charge is 2.40. The molecule has 0 unspecified atom stereocenters. The molecule has 0 spiro atoms. The lowest BCUT2D eigenvalue weighted by Gasteiger charge is -2.38. The van der Waals surface area contributed by atoms with Gasteiger partial charge < -0.3 is 35.4 Å². The molecule has 0 saturated heterocycles. The number of nitrogens with one attached hydrogen (secondary N) is 3. The molecule has 4 aromatic rings. The van der Waals surface area contributed by atoms with Crippen LogP contribution >= 0.6 is 0 Å². The zero-order valence-corrected chi connectivity index (χ0v) is 27.7. The average molecular weight is 618 g/mol. The SMILES string of the molecule is COc1cccc(CNC(=O)c2cc3cc(C[C@@H](C)NC[C@H](CC(C)(C)[Si](C)(C)O)c4ccc(O)c(CO)c4)ccc3[nH]2)c1. The largest absolute Gasteiger partial charge is 0.508 e. The molecule has 2 atom stereocenters. The van der Waals surface area contributed by atoms with Crippen molar-refractivity contribution in [3.05, 3.63) is 94.7 Å². The van der Waals surface area contributed by atoms with Gasteiger partial charge in [-0.1, -0.05) is 38.1 Å². The van der Waals surface area contributed by atoms with Crippen LogP contribution in [0, 0.1) is 0 Å². The second kappa shape index (κ2) is 14.0. The van der Waals surface area contributed by atoms with Crippen molar-refractivity contribution < 1.29 is 24.5 Å². The van der Waals surface area contributed by atoms with Gasteiger partial charge in [0.1, 0.15) is 17.2 Å². The fourth-order valence-electron chi connectivity index (χ4n) is 5.42. The van der Waals surface area contributed by atoms with Crippen molar-refractivity contribution in [2.45, 2.75) is 76.9 Å². The van der Waals surface area contributed by atoms with Crippen LogP contribution in [0.3, 0.4) is 0 Å². The van der Waals surface area contributed by atoms with E-state index in [9.17, 15) is 19.8 Å². The highest BCUT2D eigenvalue weighted by atomic mass is 28.4. The van der Waals surface area contributed by atoms with Gasteiger partial charge in [-0.05, 0) is 103 Å². The Balaban J connectivity index is 1.41. The van der Waals surface area contributed by atoms with Crippen LogP contribution in [-0.2, 0) is 19.6 Å². The molecule has 8 nitrogen and oxygen atoms in total. The molecule has 44 heavy (non-hydrogen) atoms. The Hall–Kier alpha value is -3.63. The summed E-state index contributed by atoms with van der Waals surface area (Å²) >= 11 is 0. The normalized spacial score (nSPS) is 13.5. The van der Waals surface area contributed by atoms with Crippen molar-refractivity contribution >= 4 is 25.1 Å². The molecule has 1 heterocycles. The summed E-state index contributed by atoms with van der Waals surface area (Å²) in [4.78, 5) is 27.1. The Labute approximate surface area is 261 Å². The second-order valence-electron chi connectivity index (χ2n) is 13.0. The maximum absolute atomic E-state index is 12.9. The second-order valence-corrected chi connectivity index (χ2v) is 17.5. The summed E-state index contributed by atoms with van der Waals surface area (Å²) in [6.07, 6.45) is 1.57. The van der Waals surface area contributed by atoms with E-state index in [0.29, 0.717) is 24.3 Å². The van der Waals surface area contributed by atoms with Gasteiger partial charge in [0.05, 0.1) is 13.7 Å². The van der Waals surface area contributed by atoms with Crippen molar-refractivity contribution in [3.8, 4) is 11.5 Å². The topological polar surface area (TPSA) is 127 Å². The van der Waals surface area contributed by atoms with Gasteiger partial charge in [0.25, 0.3) is 5.91 Å². The van der Waals surface area contributed by atoms with Crippen LogP contribution in [0.25, 0.3) is 10.9 Å². The van der Waals surface area contributed by atoms with Gasteiger partial charge in [-0.2, -0.15) is 0 Å². The summed E-state index contributed by atoms with van der Waals surface area (Å²) in [6, 6.07) is 21.3. The Morgan fingerprint density at radius 1 is 1.05 bits per heavy atom. The molecule has 0 saturated carbocycles. The van der Waals surface area contributed by atoms with Gasteiger partial charge in [0.2, 0.25) is 0 Å². The minimum absolute atomic E-state index is 0.0856. The number of hydrogen-bond donors (Lipinski definition) is 6. The highest BCUT2D eigenvalue weighted by Crippen LogP contribution is 2.44. The number of benzene rings is 3. The Bertz CT molecular complexity index is 1580. The molecule has 3 aromatic carbocycles. The van der Waals surface area contributed by atoms with Gasteiger partial charge in [-0.25, -0.2) is 0 Å². The van der Waals surface area contributed by atoms with Gasteiger partial charge in [0.15, 0.2) is 8.32 Å². The van der Waals surface area contributed by atoms with Crippen LogP contribution in [-0.4, -0.2) is 53.9 Å². The number of phenols is 1. The zero-order valence-electron chi connectivity index (χ0n) is 26.7. The van der Waals surface area contributed by atoms with Crippen molar-refractivity contribution in [1.82, 2.24) is 15.6 Å². The number of aromatic hydroxyl groups is 1. The number of aromatic nitrogens is 1. The highest BCUT2D eigenvalue weighted by molar-refractivity contribution is 6.72. The average Bonchev–Trinajstić information content (AvgIpc) is 3.41. The van der Waals surface area contributed by atoms with Gasteiger partial charge in [0, 0.05) is 35.6 Å². The van der Waals surface area contributed by atoms with Crippen LogP contribution in [0.5, 0.6) is 11.5 Å². The van der Waals surface area contributed by atoms with Crippen molar-refractivity contribution in [2.75, 3.05) is 13.7 Å². The Morgan fingerprint density at radius 3 is 2.52 bits per heavy atom. The first-order chi connectivity index (χ1) is 20.8. The number of fused-ring (bicyclic) bond motifs is 1. The monoisotopic (exact) mass is 617 g/mol. The lowest BCUT2D eigenvalue weighted by atomic mass is 9.88. The van der Waals surface area contributed by atoms with E-state index < -0.39 is 8.32 Å². The maximum Gasteiger partial charge on any atom is 0.267 e. The minimum atomic E-state index is -2.45. The molecule has 0 aliphatic heterocycles. The first-order valence-corrected chi connectivity index (χ1v) is 18.2. The number of carbonyl (C=O) groups is 1. The first-order valence-electron chi connectivity index (χ1n) is 15.2. The number of aliphatic hydroxyl groups excluding tert-OH is 1. The molecule has 0 fully saturated rings. The number of methoxy groups -OCH3 is 1. The Morgan fingerprint density at radius 2 is 1.82 bits per heavy atom. The van der Waals surface area contributed by atoms with Gasteiger partial charge in [-0.3, -0.25) is 4.79 Å². The Kier molecular flexibility index (Phi) is 10.6. The van der Waals surface area contributed by atoms with E-state index in [4.69, 9.17) is 4.74 Å². The summed E-state index contributed by atoms with van der Waals surface area (Å²) in [6.45, 7) is 11.2. The third-order valence-corrected chi connectivity index (χ3v) is 12.4. The lowest BCUT2D eigenvalue weighted by molar-refractivity contribution is 0.0946. The standard InChI is InChI=1S/C35H47N3O5Si/c1-23(36-21-29(19-35(2,3)44(5,6)42)26-11-13-33(40)28(17-26)22-39)14-24-10-12-31-27(15-24)18-32(38-31)34(41)37-20-25-8-7-9-30(16-25)43-4/h7-13,15-18,23,29,36,38-40,42H,14,19-22H2,1-6H3,(H,37,41)/t23-,29+/m1/s1. The molecule has 9 heteroatoms. The fourth-order valence-corrected chi connectivity index (χ4v) is 6.17. The molecular formula is C35H47N3O5Si. The summed E-state index contributed by atoms with van der Waals surface area (Å²) in [7, 11) is -0.830. The molecule has 0 radical (unpaired) electrons. The first kappa shape index (κ1) is 33.3. The number of aromatic amines is 1. The number of rotatable bonds is 14. The quantitative estimate of drug-likeness (QED) is 0.0968. The predicted octanol–water partition coefficient (Wildman–Crippen LogP) is 5.98. The molecule has 1 aromatic heterocycles. The van der Waals surface area contributed by atoms with Crippen molar-refractivity contribution in [2.24, 2.45) is 0 Å². The summed E-state index contributed by atoms with van der Waals surface area (Å²) < 4.78 is 5.27. The molecule has 1 amide bonds. The molecular weight excluding hydrogens is 570 g/mol. The molecule has 0 aliphatic rings.